The van der Waals surface area contributed by atoms with Crippen LogP contribution in [0.5, 0.6) is 5.75 Å². The smallest absolute Gasteiger partial charge is 0.241 e. The van der Waals surface area contributed by atoms with Crippen molar-refractivity contribution in [3.05, 3.63) is 102 Å². The van der Waals surface area contributed by atoms with Crippen molar-refractivity contribution in [2.45, 2.75) is 187 Å². The summed E-state index contributed by atoms with van der Waals surface area (Å²) in [5.41, 5.74) is 8.35. The number of ketones is 1. The van der Waals surface area contributed by atoms with Crippen LogP contribution in [0.3, 0.4) is 0 Å². The first-order valence-electron chi connectivity index (χ1n) is 27.0. The minimum Gasteiger partial charge on any atom is -0.497 e. The first-order chi connectivity index (χ1) is 34.7. The summed E-state index contributed by atoms with van der Waals surface area (Å²) < 4.78 is 9.79. The molecule has 1 unspecified atom stereocenters. The van der Waals surface area contributed by atoms with E-state index in [9.17, 15) is 24.0 Å². The molecule has 3 rings (SSSR count). The van der Waals surface area contributed by atoms with Gasteiger partial charge in [-0.05, 0) is 119 Å². The number of nitrogens with zero attached hydrogens (tertiary/aromatic N) is 1. The van der Waals surface area contributed by atoms with Crippen LogP contribution in [-0.4, -0.2) is 83.6 Å². The molecule has 0 radical (unpaired) electrons. The number of hydrogen-bond donors (Lipinski definition) is 2. The minimum absolute atomic E-state index is 0.0856. The van der Waals surface area contributed by atoms with Crippen molar-refractivity contribution >= 4 is 40.9 Å². The zero-order valence-electron chi connectivity index (χ0n) is 50.4. The van der Waals surface area contributed by atoms with Crippen molar-refractivity contribution in [2.24, 2.45) is 23.0 Å². The van der Waals surface area contributed by atoms with Gasteiger partial charge in [0, 0.05) is 45.7 Å². The lowest BCUT2D eigenvalue weighted by Crippen LogP contribution is -2.35. The summed E-state index contributed by atoms with van der Waals surface area (Å²) in [4.78, 5) is 56.0. The number of Topliss-reactive ketones (excluding diaryl/α,β-unsaturated/α-hetero) is 1. The SMILES string of the molecule is C=C(C[C@H](C)/C=C\C)CC(C=O)(CCC)CCc1ccc2ccccc2c1C=O.CC.CC(=O)NCC(=O)N(C)C.CC(C)=O.CCCC.CCCC(C)C.CCCOC.CCCc1cccc(OC)c1.CN. The van der Waals surface area contributed by atoms with Gasteiger partial charge in [-0.25, -0.2) is 0 Å². The molecule has 0 saturated carbocycles. The molecule has 0 spiro atoms. The average molecular weight is 1020 g/mol. The number of ether oxygens (including phenoxy) is 2. The lowest BCUT2D eigenvalue weighted by Gasteiger charge is -2.29. The monoisotopic (exact) mass is 1020 g/mol. The molecule has 3 aromatic rings. The van der Waals surface area contributed by atoms with Crippen molar-refractivity contribution < 1.29 is 33.4 Å². The number of amides is 2. The molecule has 3 N–H and O–H groups in total. The zero-order valence-corrected chi connectivity index (χ0v) is 50.4. The van der Waals surface area contributed by atoms with Crippen molar-refractivity contribution in [2.75, 3.05) is 48.5 Å². The molecule has 2 amide bonds. The van der Waals surface area contributed by atoms with Crippen LogP contribution in [0, 0.1) is 17.3 Å². The second-order valence-electron chi connectivity index (χ2n) is 18.2. The second kappa shape index (κ2) is 56.4. The van der Waals surface area contributed by atoms with Crippen LogP contribution in [0.2, 0.25) is 0 Å². The molecule has 0 aromatic heterocycles. The van der Waals surface area contributed by atoms with E-state index < -0.39 is 5.41 Å². The maximum Gasteiger partial charge on any atom is 0.241 e. The number of aldehydes is 2. The van der Waals surface area contributed by atoms with E-state index in [4.69, 9.17) is 9.47 Å². The molecule has 0 aliphatic rings. The number of carbonyl (C=O) groups excluding carboxylic acids is 5. The number of hydrogen-bond acceptors (Lipinski definition) is 8. The standard InChI is InChI=1S/C27H34O2.C10H14O.C6H12N2O2.C6H14.C4H10O.C4H10.C3H6O.C2H6.CH5N/c1-5-9-21(3)17-22(4)18-27(20-29,15-6-2)16-14-24-13-12-23-10-7-8-11-25(23)26(24)19-28;1-3-5-9-6-4-7-10(8-9)11-2;1-5(9)7-4-6(10)8(2)3;1-4-5-6(2)3;1-3-4-5-2;1-3-4-2;1-3(2)4;2*1-2/h5,7-13,19-21H,4,6,14-18H2,1-3H3;4,6-8H,3,5H2,1-2H3;4H2,1-3H3,(H,7,9);6H,4-5H2,1-3H3;3-4H2,1-2H3;3-4H2,1-2H3;1-2H3;1-2H3;2H2,1H3/b9-5-;;;;;;;;/t21-,27?;;;;;;;;/m1......../s1. The summed E-state index contributed by atoms with van der Waals surface area (Å²) in [6.45, 7) is 35.4. The van der Waals surface area contributed by atoms with Crippen molar-refractivity contribution in [3.8, 4) is 5.75 Å². The second-order valence-corrected chi connectivity index (χ2v) is 18.2. The Balaban J connectivity index is -0.000000209. The Kier molecular flexibility index (Phi) is 61.4. The van der Waals surface area contributed by atoms with E-state index >= 15 is 0 Å². The number of carbonyl (C=O) groups is 5. The van der Waals surface area contributed by atoms with E-state index in [-0.39, 0.29) is 24.1 Å². The number of allylic oxidation sites excluding steroid dienone is 3. The zero-order chi connectivity index (χ0) is 57.6. The summed E-state index contributed by atoms with van der Waals surface area (Å²) >= 11 is 0. The Hall–Kier alpha value is -4.93. The van der Waals surface area contributed by atoms with Crippen molar-refractivity contribution in [3.63, 3.8) is 0 Å². The van der Waals surface area contributed by atoms with Crippen molar-refractivity contribution in [1.82, 2.24) is 10.2 Å². The molecule has 0 aliphatic heterocycles. The lowest BCUT2D eigenvalue weighted by molar-refractivity contribution is -0.130. The normalized spacial score (nSPS) is 10.8. The van der Waals surface area contributed by atoms with Gasteiger partial charge in [0.05, 0.1) is 13.7 Å². The van der Waals surface area contributed by atoms with Gasteiger partial charge in [0.2, 0.25) is 11.8 Å². The quantitative estimate of drug-likeness (QED) is 0.0747. The largest absolute Gasteiger partial charge is 0.497 e. The van der Waals surface area contributed by atoms with E-state index in [0.29, 0.717) is 5.92 Å². The number of fused-ring (bicyclic) bond motifs is 1. The van der Waals surface area contributed by atoms with Crippen LogP contribution in [0.1, 0.15) is 196 Å². The predicted molar refractivity (Wildman–Crippen MR) is 318 cm³/mol. The molecule has 73 heavy (non-hydrogen) atoms. The fourth-order valence-corrected chi connectivity index (χ4v) is 6.72. The first kappa shape index (κ1) is 79.5. The van der Waals surface area contributed by atoms with E-state index in [1.54, 1.807) is 28.3 Å². The van der Waals surface area contributed by atoms with Crippen LogP contribution in [0.4, 0.5) is 0 Å². The Morgan fingerprint density at radius 2 is 1.37 bits per heavy atom. The highest BCUT2D eigenvalue weighted by Gasteiger charge is 2.30. The van der Waals surface area contributed by atoms with Gasteiger partial charge < -0.3 is 35.0 Å². The summed E-state index contributed by atoms with van der Waals surface area (Å²) in [6.07, 6.45) is 20.0. The lowest BCUT2D eigenvalue weighted by atomic mass is 9.73. The van der Waals surface area contributed by atoms with Crippen molar-refractivity contribution in [1.29, 1.82) is 0 Å². The third-order valence-electron chi connectivity index (χ3n) is 10.2. The molecule has 0 bridgehead atoms. The van der Waals surface area contributed by atoms with Crippen LogP contribution in [0.25, 0.3) is 10.8 Å². The van der Waals surface area contributed by atoms with Gasteiger partial charge in [-0.1, -0.05) is 188 Å². The minimum atomic E-state index is -0.409. The number of unbranched alkanes of at least 4 members (excludes halogenated alkanes) is 1. The number of aryl methyl sites for hydroxylation is 2. The topological polar surface area (TPSA) is 145 Å². The van der Waals surface area contributed by atoms with Crippen LogP contribution in [0.15, 0.2) is 85.0 Å². The number of rotatable bonds is 22. The third kappa shape index (κ3) is 49.1. The molecular weight excluding hydrogens is 911 g/mol. The van der Waals surface area contributed by atoms with E-state index in [2.05, 4.69) is 110 Å². The Bertz CT molecular complexity index is 1810. The molecule has 0 saturated heterocycles. The summed E-state index contributed by atoms with van der Waals surface area (Å²) in [7, 11) is 8.20. The molecule has 0 aliphatic carbocycles. The molecule has 2 atom stereocenters. The van der Waals surface area contributed by atoms with E-state index in [1.807, 2.05) is 63.2 Å². The van der Waals surface area contributed by atoms with Gasteiger partial charge >= 0.3 is 0 Å². The highest BCUT2D eigenvalue weighted by Crippen LogP contribution is 2.37. The molecule has 3 aromatic carbocycles. The van der Waals surface area contributed by atoms with Gasteiger partial charge in [0.15, 0.2) is 6.29 Å². The highest BCUT2D eigenvalue weighted by atomic mass is 16.5. The number of methoxy groups -OCH3 is 2. The maximum absolute atomic E-state index is 12.2. The van der Waals surface area contributed by atoms with Gasteiger partial charge in [-0.3, -0.25) is 14.4 Å². The van der Waals surface area contributed by atoms with Crippen LogP contribution in [-0.2, 0) is 36.8 Å². The molecule has 0 fully saturated rings. The molecule has 420 valence electrons. The first-order valence-corrected chi connectivity index (χ1v) is 27.0. The molecule has 0 heterocycles. The predicted octanol–water partition coefficient (Wildman–Crippen LogP) is 15.5. The third-order valence-corrected chi connectivity index (χ3v) is 10.2. The Labute approximate surface area is 449 Å². The molecule has 10 heteroatoms. The number of benzene rings is 3. The summed E-state index contributed by atoms with van der Waals surface area (Å²) in [5.74, 6) is 2.16. The fraction of sp³-hybridized carbons (Fsp3) is 0.603. The van der Waals surface area contributed by atoms with Gasteiger partial charge in [-0.2, -0.15) is 0 Å². The van der Waals surface area contributed by atoms with Crippen LogP contribution < -0.4 is 15.8 Å². The number of nitrogens with two attached hydrogens (primary N) is 1. The fourth-order valence-electron chi connectivity index (χ4n) is 6.72. The van der Waals surface area contributed by atoms with E-state index in [1.165, 1.54) is 70.4 Å². The Morgan fingerprint density at radius 1 is 0.781 bits per heavy atom. The molecular formula is C63H111N3O7. The number of likely N-dealkylation sites (N-methyl/N-ethyl adjacent to an activating group) is 1. The number of nitrogens with one attached hydrogen (secondary N) is 1. The summed E-state index contributed by atoms with van der Waals surface area (Å²) in [6, 6.07) is 20.3. The van der Waals surface area contributed by atoms with Gasteiger partial charge in [0.25, 0.3) is 0 Å². The maximum atomic E-state index is 12.2. The van der Waals surface area contributed by atoms with Gasteiger partial charge in [-0.15, -0.1) is 0 Å². The highest BCUT2D eigenvalue weighted by molar-refractivity contribution is 5.99. The summed E-state index contributed by atoms with van der Waals surface area (Å²) in [5, 5.41) is 4.45. The van der Waals surface area contributed by atoms with Gasteiger partial charge in [0.1, 0.15) is 17.8 Å². The van der Waals surface area contributed by atoms with Crippen LogP contribution >= 0.6 is 0 Å². The molecule has 10 nitrogen and oxygen atoms in total. The average Bonchev–Trinajstić information content (AvgIpc) is 3.37. The Morgan fingerprint density at radius 3 is 1.77 bits per heavy atom. The van der Waals surface area contributed by atoms with E-state index in [0.717, 1.165) is 110 Å².